The second-order valence-electron chi connectivity index (χ2n) is 13.0. The number of fused-ring (bicyclic) bond motifs is 1. The zero-order valence-corrected chi connectivity index (χ0v) is 26.8. The predicted molar refractivity (Wildman–Crippen MR) is 177 cm³/mol. The fourth-order valence-electron chi connectivity index (χ4n) is 6.11. The van der Waals surface area contributed by atoms with Gasteiger partial charge in [-0.05, 0) is 112 Å². The Kier molecular flexibility index (Phi) is 9.48. The fraction of sp³-hybridized carbons (Fsp3) is 0.421. The van der Waals surface area contributed by atoms with Crippen LogP contribution in [0.2, 0.25) is 0 Å². The zero-order chi connectivity index (χ0) is 31.4. The van der Waals surface area contributed by atoms with E-state index in [1.807, 2.05) is 25.1 Å². The van der Waals surface area contributed by atoms with Crippen molar-refractivity contribution < 1.29 is 19.4 Å². The molecule has 6 heteroatoms. The van der Waals surface area contributed by atoms with Gasteiger partial charge in [-0.25, -0.2) is 4.79 Å². The van der Waals surface area contributed by atoms with Crippen LogP contribution in [0.25, 0.3) is 10.9 Å². The molecule has 1 aliphatic rings. The molecule has 0 saturated heterocycles. The smallest absolute Gasteiger partial charge is 0.347 e. The second-order valence-corrected chi connectivity index (χ2v) is 13.0. The highest BCUT2D eigenvalue weighted by Gasteiger charge is 2.29. The number of nitrogens with zero attached hydrogens (tertiary/aromatic N) is 1. The van der Waals surface area contributed by atoms with Gasteiger partial charge in [-0.2, -0.15) is 0 Å². The molecule has 0 unspecified atom stereocenters. The highest BCUT2D eigenvalue weighted by molar-refractivity contribution is 5.99. The lowest BCUT2D eigenvalue weighted by molar-refractivity contribution is -0.152. The van der Waals surface area contributed by atoms with E-state index in [2.05, 4.69) is 66.2 Å². The first-order valence-electron chi connectivity index (χ1n) is 16.1. The molecule has 1 aliphatic carbocycles. The number of hydrogen-bond donors (Lipinski definition) is 2. The number of aliphatic carboxylic acids is 1. The van der Waals surface area contributed by atoms with Gasteiger partial charge < -0.3 is 19.7 Å². The van der Waals surface area contributed by atoms with Crippen molar-refractivity contribution in [1.82, 2.24) is 9.88 Å². The second kappa shape index (κ2) is 13.3. The molecule has 1 heterocycles. The standard InChI is InChI=1S/C38H46N2O4/c1-6-7-11-27-12-9-16-30(20-27)25(2)39-36(41)31-18-19-33-34(26(3)40(35(33)23-31)24-28-13-8-14-28)22-29-15-10-17-32(21-29)44-38(4,5)37(42)43/h9-10,12,15-21,23,25,28H,6-8,11,13-14,22,24H2,1-5H3,(H,39,41)(H,42,43)/t25-/m0/s1. The lowest BCUT2D eigenvalue weighted by Crippen LogP contribution is -2.37. The summed E-state index contributed by atoms with van der Waals surface area (Å²) in [6, 6.07) is 22.2. The first-order chi connectivity index (χ1) is 21.1. The number of carboxylic acid groups (broad SMARTS) is 1. The summed E-state index contributed by atoms with van der Waals surface area (Å²) in [6.45, 7) is 10.5. The Bertz CT molecular complexity index is 1650. The van der Waals surface area contributed by atoms with Crippen molar-refractivity contribution in [1.29, 1.82) is 0 Å². The maximum atomic E-state index is 13.5. The van der Waals surface area contributed by atoms with Gasteiger partial charge in [0.25, 0.3) is 5.91 Å². The maximum Gasteiger partial charge on any atom is 0.347 e. The van der Waals surface area contributed by atoms with Gasteiger partial charge in [-0.3, -0.25) is 4.79 Å². The molecule has 1 fully saturated rings. The monoisotopic (exact) mass is 594 g/mol. The molecule has 1 saturated carbocycles. The number of rotatable bonds is 13. The largest absolute Gasteiger partial charge is 0.478 e. The Balaban J connectivity index is 1.42. The van der Waals surface area contributed by atoms with Crippen LogP contribution in [0.5, 0.6) is 5.75 Å². The summed E-state index contributed by atoms with van der Waals surface area (Å²) in [5, 5.41) is 13.9. The van der Waals surface area contributed by atoms with Crippen LogP contribution in [0.15, 0.2) is 66.7 Å². The Morgan fingerprint density at radius 3 is 2.50 bits per heavy atom. The van der Waals surface area contributed by atoms with Crippen molar-refractivity contribution in [3.8, 4) is 5.75 Å². The van der Waals surface area contributed by atoms with Crippen LogP contribution in [-0.4, -0.2) is 27.2 Å². The third-order valence-corrected chi connectivity index (χ3v) is 9.17. The number of unbranched alkanes of at least 4 members (excludes halogenated alkanes) is 1. The molecule has 6 nitrogen and oxygen atoms in total. The first kappa shape index (κ1) is 31.4. The van der Waals surface area contributed by atoms with Crippen LogP contribution >= 0.6 is 0 Å². The third-order valence-electron chi connectivity index (χ3n) is 9.17. The van der Waals surface area contributed by atoms with E-state index in [1.54, 1.807) is 19.9 Å². The Labute approximate surface area is 261 Å². The van der Waals surface area contributed by atoms with E-state index >= 15 is 0 Å². The molecule has 44 heavy (non-hydrogen) atoms. The summed E-state index contributed by atoms with van der Waals surface area (Å²) in [5.41, 5.74) is 6.34. The van der Waals surface area contributed by atoms with E-state index in [1.165, 1.54) is 36.1 Å². The Morgan fingerprint density at radius 2 is 1.80 bits per heavy atom. The molecular formula is C38H46N2O4. The minimum Gasteiger partial charge on any atom is -0.478 e. The van der Waals surface area contributed by atoms with Gasteiger partial charge in [0.15, 0.2) is 5.60 Å². The van der Waals surface area contributed by atoms with E-state index in [9.17, 15) is 14.7 Å². The molecule has 2 N–H and O–H groups in total. The highest BCUT2D eigenvalue weighted by Crippen LogP contribution is 2.35. The highest BCUT2D eigenvalue weighted by atomic mass is 16.5. The average Bonchev–Trinajstić information content (AvgIpc) is 3.23. The Morgan fingerprint density at radius 1 is 1.05 bits per heavy atom. The zero-order valence-electron chi connectivity index (χ0n) is 26.8. The lowest BCUT2D eigenvalue weighted by Gasteiger charge is -2.27. The van der Waals surface area contributed by atoms with Gasteiger partial charge in [0.2, 0.25) is 0 Å². The van der Waals surface area contributed by atoms with Gasteiger partial charge in [0.05, 0.1) is 6.04 Å². The fourth-order valence-corrected chi connectivity index (χ4v) is 6.11. The number of aromatic nitrogens is 1. The molecule has 4 aromatic rings. The number of ether oxygens (including phenoxy) is 1. The van der Waals surface area contributed by atoms with Crippen molar-refractivity contribution in [2.24, 2.45) is 5.92 Å². The summed E-state index contributed by atoms with van der Waals surface area (Å²) < 4.78 is 8.22. The first-order valence-corrected chi connectivity index (χ1v) is 16.1. The van der Waals surface area contributed by atoms with Crippen LogP contribution in [0, 0.1) is 12.8 Å². The number of aryl methyl sites for hydroxylation is 1. The SMILES string of the molecule is CCCCc1cccc([C@H](C)NC(=O)c2ccc3c(Cc4cccc(OC(C)(C)C(=O)O)c4)c(C)n(CC4CCC4)c3c2)c1. The molecule has 1 amide bonds. The van der Waals surface area contributed by atoms with Gasteiger partial charge in [-0.1, -0.05) is 62.2 Å². The molecular weight excluding hydrogens is 548 g/mol. The molecule has 3 aromatic carbocycles. The van der Waals surface area contributed by atoms with Crippen molar-refractivity contribution in [3.05, 3.63) is 100 Å². The number of amides is 1. The summed E-state index contributed by atoms with van der Waals surface area (Å²) in [4.78, 5) is 25.1. The quantitative estimate of drug-likeness (QED) is 0.163. The Hall–Kier alpha value is -4.06. The normalized spacial score (nSPS) is 14.3. The van der Waals surface area contributed by atoms with Crippen LogP contribution in [0.3, 0.4) is 0 Å². The number of carbonyl (C=O) groups is 2. The maximum absolute atomic E-state index is 13.5. The van der Waals surface area contributed by atoms with Gasteiger partial charge in [0.1, 0.15) is 5.75 Å². The molecule has 232 valence electrons. The number of carbonyl (C=O) groups excluding carboxylic acids is 1. The van der Waals surface area contributed by atoms with Crippen molar-refractivity contribution in [3.63, 3.8) is 0 Å². The number of benzene rings is 3. The summed E-state index contributed by atoms with van der Waals surface area (Å²) in [7, 11) is 0. The van der Waals surface area contributed by atoms with E-state index < -0.39 is 11.6 Å². The summed E-state index contributed by atoms with van der Waals surface area (Å²) in [6.07, 6.45) is 7.81. The van der Waals surface area contributed by atoms with E-state index in [4.69, 9.17) is 4.74 Å². The van der Waals surface area contributed by atoms with E-state index in [-0.39, 0.29) is 11.9 Å². The molecule has 0 radical (unpaired) electrons. The van der Waals surface area contributed by atoms with Gasteiger partial charge in [-0.15, -0.1) is 0 Å². The van der Waals surface area contributed by atoms with E-state index in [0.717, 1.165) is 47.8 Å². The molecule has 0 aliphatic heterocycles. The molecule has 0 bridgehead atoms. The average molecular weight is 595 g/mol. The van der Waals surface area contributed by atoms with Crippen molar-refractivity contribution >= 4 is 22.8 Å². The third kappa shape index (κ3) is 7.01. The van der Waals surface area contributed by atoms with Crippen LogP contribution in [-0.2, 0) is 24.2 Å². The summed E-state index contributed by atoms with van der Waals surface area (Å²) >= 11 is 0. The molecule has 1 aromatic heterocycles. The molecule has 0 spiro atoms. The van der Waals surface area contributed by atoms with Gasteiger partial charge in [0, 0.05) is 28.7 Å². The van der Waals surface area contributed by atoms with Crippen LogP contribution in [0.4, 0.5) is 0 Å². The van der Waals surface area contributed by atoms with E-state index in [0.29, 0.717) is 23.7 Å². The molecule has 1 atom stereocenters. The number of hydrogen-bond acceptors (Lipinski definition) is 3. The topological polar surface area (TPSA) is 80.6 Å². The van der Waals surface area contributed by atoms with Crippen LogP contribution < -0.4 is 10.1 Å². The number of carboxylic acids is 1. The summed E-state index contributed by atoms with van der Waals surface area (Å²) in [5.74, 6) is 0.117. The minimum absolute atomic E-state index is 0.0696. The van der Waals surface area contributed by atoms with Crippen molar-refractivity contribution in [2.75, 3.05) is 0 Å². The number of nitrogens with one attached hydrogen (secondary N) is 1. The van der Waals surface area contributed by atoms with Crippen LogP contribution in [0.1, 0.15) is 104 Å². The lowest BCUT2D eigenvalue weighted by atomic mass is 9.85. The molecule has 5 rings (SSSR count). The minimum atomic E-state index is -1.32. The predicted octanol–water partition coefficient (Wildman–Crippen LogP) is 8.42. The van der Waals surface area contributed by atoms with Gasteiger partial charge >= 0.3 is 5.97 Å². The van der Waals surface area contributed by atoms with Crippen molar-refractivity contribution in [2.45, 2.75) is 97.8 Å².